The van der Waals surface area contributed by atoms with E-state index >= 15 is 0 Å². The first-order valence-corrected chi connectivity index (χ1v) is 6.81. The third-order valence-corrected chi connectivity index (χ3v) is 2.63. The second kappa shape index (κ2) is 7.64. The van der Waals surface area contributed by atoms with Gasteiger partial charge in [-0.2, -0.15) is 0 Å². The summed E-state index contributed by atoms with van der Waals surface area (Å²) in [6.45, 7) is 7.53. The van der Waals surface area contributed by atoms with Crippen LogP contribution in [0.5, 0.6) is 5.75 Å². The van der Waals surface area contributed by atoms with E-state index in [2.05, 4.69) is 5.32 Å². The van der Waals surface area contributed by atoms with Gasteiger partial charge in [-0.1, -0.05) is 0 Å². The van der Waals surface area contributed by atoms with Gasteiger partial charge in [-0.05, 0) is 45.9 Å². The van der Waals surface area contributed by atoms with Crippen molar-refractivity contribution in [3.63, 3.8) is 0 Å². The van der Waals surface area contributed by atoms with Crippen molar-refractivity contribution in [2.45, 2.75) is 39.9 Å². The Bertz CT molecular complexity index is 513. The molecule has 0 saturated heterocycles. The van der Waals surface area contributed by atoms with Gasteiger partial charge in [-0.15, -0.1) is 0 Å². The van der Waals surface area contributed by atoms with Gasteiger partial charge in [-0.25, -0.2) is 4.79 Å². The molecule has 0 aliphatic heterocycles. The molecule has 0 aliphatic rings. The third-order valence-electron chi connectivity index (χ3n) is 2.63. The summed E-state index contributed by atoms with van der Waals surface area (Å²) >= 11 is 0. The zero-order valence-electron chi connectivity index (χ0n) is 12.7. The number of carboxylic acid groups (broad SMARTS) is 1. The number of nitrogens with one attached hydrogen (secondary N) is 1. The van der Waals surface area contributed by atoms with Crippen LogP contribution in [0.2, 0.25) is 0 Å². The van der Waals surface area contributed by atoms with Crippen molar-refractivity contribution < 1.29 is 24.2 Å². The molecule has 1 atom stereocenters. The fourth-order valence-corrected chi connectivity index (χ4v) is 1.68. The van der Waals surface area contributed by atoms with Crippen LogP contribution in [-0.4, -0.2) is 35.8 Å². The Balaban J connectivity index is 3.02. The monoisotopic (exact) mass is 295 g/mol. The molecule has 6 heteroatoms. The predicted octanol–water partition coefficient (Wildman–Crippen LogP) is 2.54. The summed E-state index contributed by atoms with van der Waals surface area (Å²) in [6.07, 6.45) is -0.726. The van der Waals surface area contributed by atoms with Gasteiger partial charge in [0.05, 0.1) is 17.4 Å². The number of ether oxygens (including phenoxy) is 2. The molecule has 1 rings (SSSR count). The summed E-state index contributed by atoms with van der Waals surface area (Å²) in [5.41, 5.74) is 0.394. The highest BCUT2D eigenvalue weighted by molar-refractivity contribution is 5.97. The normalized spacial score (nSPS) is 12.0. The Morgan fingerprint density at radius 2 is 1.95 bits per heavy atom. The molecule has 6 nitrogen and oxygen atoms in total. The predicted molar refractivity (Wildman–Crippen MR) is 78.9 cm³/mol. The number of aromatic carboxylic acids is 1. The van der Waals surface area contributed by atoms with Crippen LogP contribution in [0.1, 0.15) is 38.1 Å². The molecular weight excluding hydrogens is 274 g/mol. The van der Waals surface area contributed by atoms with E-state index in [4.69, 9.17) is 14.6 Å². The van der Waals surface area contributed by atoms with E-state index in [-0.39, 0.29) is 17.6 Å². The molecule has 0 spiro atoms. The van der Waals surface area contributed by atoms with E-state index in [0.717, 1.165) is 0 Å². The van der Waals surface area contributed by atoms with Crippen LogP contribution in [-0.2, 0) is 9.53 Å². The molecule has 116 valence electrons. The van der Waals surface area contributed by atoms with Crippen LogP contribution < -0.4 is 10.1 Å². The number of hydrogen-bond donors (Lipinski definition) is 2. The fraction of sp³-hybridized carbons (Fsp3) is 0.467. The Kier molecular flexibility index (Phi) is 6.17. The lowest BCUT2D eigenvalue weighted by Gasteiger charge is -2.17. The van der Waals surface area contributed by atoms with Crippen molar-refractivity contribution in [2.75, 3.05) is 11.9 Å². The summed E-state index contributed by atoms with van der Waals surface area (Å²) in [6, 6.07) is 4.34. The van der Waals surface area contributed by atoms with Gasteiger partial charge in [0.1, 0.15) is 11.9 Å². The van der Waals surface area contributed by atoms with E-state index in [1.54, 1.807) is 13.8 Å². The van der Waals surface area contributed by atoms with Crippen molar-refractivity contribution in [1.82, 2.24) is 0 Å². The van der Waals surface area contributed by atoms with E-state index in [1.807, 2.05) is 13.8 Å². The molecule has 1 unspecified atom stereocenters. The van der Waals surface area contributed by atoms with Crippen molar-refractivity contribution in [3.8, 4) is 5.75 Å². The number of anilines is 1. The average molecular weight is 295 g/mol. The van der Waals surface area contributed by atoms with E-state index < -0.39 is 12.1 Å². The van der Waals surface area contributed by atoms with Gasteiger partial charge < -0.3 is 19.9 Å². The summed E-state index contributed by atoms with van der Waals surface area (Å²) in [7, 11) is 0. The smallest absolute Gasteiger partial charge is 0.335 e. The van der Waals surface area contributed by atoms with Crippen molar-refractivity contribution in [2.24, 2.45) is 0 Å². The van der Waals surface area contributed by atoms with Gasteiger partial charge in [0, 0.05) is 6.61 Å². The standard InChI is InChI=1S/C15H21NO5/c1-5-20-10(4)14(17)16-12-8-11(15(18)19)6-7-13(12)21-9(2)3/h6-10H,5H2,1-4H3,(H,16,17)(H,18,19). The van der Waals surface area contributed by atoms with E-state index in [9.17, 15) is 9.59 Å². The molecule has 1 aromatic rings. The maximum Gasteiger partial charge on any atom is 0.335 e. The first-order valence-electron chi connectivity index (χ1n) is 6.81. The lowest BCUT2D eigenvalue weighted by atomic mass is 10.1. The lowest BCUT2D eigenvalue weighted by molar-refractivity contribution is -0.126. The van der Waals surface area contributed by atoms with E-state index in [0.29, 0.717) is 18.0 Å². The molecule has 0 aliphatic carbocycles. The highest BCUT2D eigenvalue weighted by Gasteiger charge is 2.17. The van der Waals surface area contributed by atoms with Crippen LogP contribution in [0.4, 0.5) is 5.69 Å². The number of carboxylic acids is 1. The van der Waals surface area contributed by atoms with Crippen molar-refractivity contribution in [3.05, 3.63) is 23.8 Å². The molecule has 0 saturated carbocycles. The van der Waals surface area contributed by atoms with Gasteiger partial charge in [0.15, 0.2) is 0 Å². The Morgan fingerprint density at radius 1 is 1.29 bits per heavy atom. The zero-order valence-corrected chi connectivity index (χ0v) is 12.7. The molecule has 0 radical (unpaired) electrons. The third kappa shape index (κ3) is 5.07. The Labute approximate surface area is 124 Å². The highest BCUT2D eigenvalue weighted by Crippen LogP contribution is 2.27. The largest absolute Gasteiger partial charge is 0.489 e. The molecule has 0 aromatic heterocycles. The molecular formula is C15H21NO5. The van der Waals surface area contributed by atoms with Crippen molar-refractivity contribution in [1.29, 1.82) is 0 Å². The van der Waals surface area contributed by atoms with Crippen LogP contribution >= 0.6 is 0 Å². The van der Waals surface area contributed by atoms with Gasteiger partial charge in [0.2, 0.25) is 0 Å². The number of amides is 1. The van der Waals surface area contributed by atoms with E-state index in [1.165, 1.54) is 18.2 Å². The number of carbonyl (C=O) groups excluding carboxylic acids is 1. The molecule has 1 amide bonds. The summed E-state index contributed by atoms with van der Waals surface area (Å²) in [5, 5.41) is 11.7. The summed E-state index contributed by atoms with van der Waals surface area (Å²) < 4.78 is 10.8. The van der Waals surface area contributed by atoms with Crippen LogP contribution in [0, 0.1) is 0 Å². The second-order valence-electron chi connectivity index (χ2n) is 4.77. The maximum atomic E-state index is 12.0. The Morgan fingerprint density at radius 3 is 2.48 bits per heavy atom. The van der Waals surface area contributed by atoms with Crippen LogP contribution in [0.25, 0.3) is 0 Å². The fourth-order valence-electron chi connectivity index (χ4n) is 1.68. The van der Waals surface area contributed by atoms with Gasteiger partial charge in [-0.3, -0.25) is 4.79 Å². The quantitative estimate of drug-likeness (QED) is 0.807. The van der Waals surface area contributed by atoms with Gasteiger partial charge in [0.25, 0.3) is 5.91 Å². The molecule has 0 bridgehead atoms. The number of hydrogen-bond acceptors (Lipinski definition) is 4. The minimum absolute atomic E-state index is 0.0745. The average Bonchev–Trinajstić information content (AvgIpc) is 2.40. The highest BCUT2D eigenvalue weighted by atomic mass is 16.5. The summed E-state index contributed by atoms with van der Waals surface area (Å²) in [5.74, 6) is -1.00. The van der Waals surface area contributed by atoms with Crippen molar-refractivity contribution >= 4 is 17.6 Å². The molecule has 21 heavy (non-hydrogen) atoms. The first kappa shape index (κ1) is 17.0. The first-order chi connectivity index (χ1) is 9.85. The zero-order chi connectivity index (χ0) is 16.0. The maximum absolute atomic E-state index is 12.0. The number of benzene rings is 1. The molecule has 0 heterocycles. The molecule has 1 aromatic carbocycles. The summed E-state index contributed by atoms with van der Waals surface area (Å²) in [4.78, 5) is 23.0. The van der Waals surface area contributed by atoms with Gasteiger partial charge >= 0.3 is 5.97 Å². The topological polar surface area (TPSA) is 84.9 Å². The lowest BCUT2D eigenvalue weighted by Crippen LogP contribution is -2.28. The van der Waals surface area contributed by atoms with Crippen LogP contribution in [0.3, 0.4) is 0 Å². The second-order valence-corrected chi connectivity index (χ2v) is 4.77. The molecule has 0 fully saturated rings. The Hall–Kier alpha value is -2.08. The van der Waals surface area contributed by atoms with Crippen LogP contribution in [0.15, 0.2) is 18.2 Å². The number of carbonyl (C=O) groups is 2. The minimum Gasteiger partial charge on any atom is -0.489 e. The molecule has 2 N–H and O–H groups in total. The number of rotatable bonds is 7. The minimum atomic E-state index is -1.07. The SMILES string of the molecule is CCOC(C)C(=O)Nc1cc(C(=O)O)ccc1OC(C)C.